The van der Waals surface area contributed by atoms with E-state index in [9.17, 15) is 14.0 Å². The van der Waals surface area contributed by atoms with Crippen molar-refractivity contribution < 1.29 is 14.0 Å². The molecule has 1 aromatic carbocycles. The average molecular weight is 348 g/mol. The van der Waals surface area contributed by atoms with Gasteiger partial charge in [0.15, 0.2) is 0 Å². The Bertz CT molecular complexity index is 383. The Kier molecular flexibility index (Phi) is 5.76. The molecule has 0 aromatic heterocycles. The molecule has 0 heterocycles. The third kappa shape index (κ3) is 4.49. The summed E-state index contributed by atoms with van der Waals surface area (Å²) < 4.78 is 13.0. The first-order valence-corrected chi connectivity index (χ1v) is 8.48. The maximum atomic E-state index is 12.6. The van der Waals surface area contributed by atoms with E-state index in [1.54, 1.807) is 0 Å². The van der Waals surface area contributed by atoms with Crippen molar-refractivity contribution in [2.45, 2.75) is 0 Å². The van der Waals surface area contributed by atoms with Crippen LogP contribution in [0.15, 0.2) is 24.3 Å². The van der Waals surface area contributed by atoms with Gasteiger partial charge in [-0.25, -0.2) is 0 Å². The molecule has 1 amide bonds. The molecule has 0 aliphatic heterocycles. The molecule has 84 valence electrons. The molecular weight excluding hydrogens is 339 g/mol. The second kappa shape index (κ2) is 6.85. The van der Waals surface area contributed by atoms with Crippen molar-refractivity contribution in [1.82, 2.24) is 5.32 Å². The van der Waals surface area contributed by atoms with Gasteiger partial charge < -0.3 is 0 Å². The van der Waals surface area contributed by atoms with Crippen molar-refractivity contribution in [3.63, 3.8) is 0 Å². The van der Waals surface area contributed by atoms with Crippen LogP contribution in [0, 0.1) is 5.82 Å². The standard InChI is InChI=1S/C8H7FNO.C2H2ClO.Sn/c1-10-8(11)6-2-4-7(9)5-3-6;3-1-2-4;/h2-5H,1H2,(H,10,11);1H2;. The molecule has 6 heteroatoms. The summed E-state index contributed by atoms with van der Waals surface area (Å²) in [6.45, 7) is 0. The van der Waals surface area contributed by atoms with Crippen LogP contribution < -0.4 is 5.32 Å². The van der Waals surface area contributed by atoms with E-state index >= 15 is 0 Å². The van der Waals surface area contributed by atoms with E-state index in [2.05, 4.69) is 5.32 Å². The molecule has 1 aromatic rings. The van der Waals surface area contributed by atoms with Crippen molar-refractivity contribution in [3.8, 4) is 0 Å². The van der Waals surface area contributed by atoms with Crippen LogP contribution in [0.2, 0.25) is 0 Å². The summed E-state index contributed by atoms with van der Waals surface area (Å²) in [7, 11) is 0. The number of benzene rings is 1. The van der Waals surface area contributed by atoms with E-state index in [1.807, 2.05) is 0 Å². The van der Waals surface area contributed by atoms with Gasteiger partial charge in [-0.15, -0.1) is 0 Å². The molecule has 2 radical (unpaired) electrons. The second-order valence-corrected chi connectivity index (χ2v) is 6.80. The third-order valence-corrected chi connectivity index (χ3v) is 5.28. The number of nitrogens with one attached hydrogen (secondary N) is 1. The molecule has 1 rings (SSSR count). The number of hydrogen-bond acceptors (Lipinski definition) is 2. The fourth-order valence-corrected chi connectivity index (χ4v) is 3.15. The number of carbonyl (C=O) groups excluding carboxylic acids is 2. The van der Waals surface area contributed by atoms with Crippen molar-refractivity contribution in [3.05, 3.63) is 35.6 Å². The van der Waals surface area contributed by atoms with Crippen LogP contribution in [0.25, 0.3) is 0 Å². The van der Waals surface area contributed by atoms with Crippen molar-refractivity contribution in [2.75, 3.05) is 10.4 Å². The van der Waals surface area contributed by atoms with Crippen LogP contribution >= 0.6 is 11.6 Å². The Hall–Kier alpha value is -0.621. The summed E-state index contributed by atoms with van der Waals surface area (Å²) in [4.78, 5) is 22.4. The zero-order valence-electron chi connectivity index (χ0n) is 8.30. The van der Waals surface area contributed by atoms with Crippen LogP contribution in [-0.4, -0.2) is 41.3 Å². The van der Waals surface area contributed by atoms with Crippen LogP contribution in [0.3, 0.4) is 0 Å². The van der Waals surface area contributed by atoms with Crippen LogP contribution in [-0.2, 0) is 4.79 Å². The fraction of sp³-hybridized carbons (Fsp3) is 0.200. The van der Waals surface area contributed by atoms with Gasteiger partial charge in [-0.05, 0) is 0 Å². The molecule has 0 saturated heterocycles. The van der Waals surface area contributed by atoms with Gasteiger partial charge in [0, 0.05) is 0 Å². The molecule has 0 spiro atoms. The summed E-state index contributed by atoms with van der Waals surface area (Å²) >= 11 is 4.07. The molecule has 0 unspecified atom stereocenters. The van der Waals surface area contributed by atoms with E-state index in [0.29, 0.717) is 10.1 Å². The molecule has 0 fully saturated rings. The molecule has 3 nitrogen and oxygen atoms in total. The predicted molar refractivity (Wildman–Crippen MR) is 60.2 cm³/mol. The van der Waals surface area contributed by atoms with Crippen molar-refractivity contribution in [1.29, 1.82) is 0 Å². The molecule has 0 atom stereocenters. The average Bonchev–Trinajstić information content (AvgIpc) is 2.29. The zero-order chi connectivity index (χ0) is 12.0. The zero-order valence-corrected chi connectivity index (χ0v) is 11.9. The molecule has 0 saturated carbocycles. The Balaban J connectivity index is 2.41. The summed E-state index contributed by atoms with van der Waals surface area (Å²) in [5.74, 6) is -0.646. The Morgan fingerprint density at radius 3 is 2.50 bits per heavy atom. The molecule has 16 heavy (non-hydrogen) atoms. The van der Waals surface area contributed by atoms with Gasteiger partial charge in [-0.3, -0.25) is 0 Å². The number of rotatable bonds is 5. The Labute approximate surface area is 108 Å². The SMILES string of the molecule is O=[C](CCl)[Sn][CH2]NC(=O)c1ccc(F)cc1. The first-order valence-electron chi connectivity index (χ1n) is 4.50. The van der Waals surface area contributed by atoms with Gasteiger partial charge in [0.05, 0.1) is 0 Å². The number of alkyl halides is 1. The molecule has 1 N–H and O–H groups in total. The minimum absolute atomic E-state index is 0.0264. The molecule has 0 aliphatic carbocycles. The Morgan fingerprint density at radius 1 is 1.31 bits per heavy atom. The number of amides is 1. The third-order valence-electron chi connectivity index (χ3n) is 1.76. The number of hydrogen-bond donors (Lipinski definition) is 1. The summed E-state index contributed by atoms with van der Waals surface area (Å²) in [6, 6.07) is 5.25. The summed E-state index contributed by atoms with van der Waals surface area (Å²) in [5, 5.41) is 2.62. The number of carbonyl (C=O) groups is 2. The topological polar surface area (TPSA) is 46.2 Å². The van der Waals surface area contributed by atoms with Crippen molar-refractivity contribution in [2.24, 2.45) is 0 Å². The first-order chi connectivity index (χ1) is 7.63. The van der Waals surface area contributed by atoms with E-state index < -0.39 is 21.1 Å². The monoisotopic (exact) mass is 349 g/mol. The summed E-state index contributed by atoms with van der Waals surface area (Å²) in [6.07, 6.45) is 0. The van der Waals surface area contributed by atoms with Gasteiger partial charge in [0.1, 0.15) is 0 Å². The van der Waals surface area contributed by atoms with E-state index in [4.69, 9.17) is 11.6 Å². The van der Waals surface area contributed by atoms with Crippen LogP contribution in [0.5, 0.6) is 0 Å². The van der Waals surface area contributed by atoms with E-state index in [1.165, 1.54) is 24.3 Å². The minimum atomic E-state index is -1.27. The van der Waals surface area contributed by atoms with Gasteiger partial charge in [0.25, 0.3) is 0 Å². The Morgan fingerprint density at radius 2 is 1.94 bits per heavy atom. The summed E-state index contributed by atoms with van der Waals surface area (Å²) in [5.41, 5.74) is 0.388. The van der Waals surface area contributed by atoms with Gasteiger partial charge in [-0.2, -0.15) is 0 Å². The van der Waals surface area contributed by atoms with E-state index in [-0.39, 0.29) is 21.4 Å². The van der Waals surface area contributed by atoms with Gasteiger partial charge in [-0.1, -0.05) is 0 Å². The second-order valence-electron chi connectivity index (χ2n) is 2.92. The maximum absolute atomic E-state index is 12.6. The fourth-order valence-electron chi connectivity index (χ4n) is 0.974. The van der Waals surface area contributed by atoms with Gasteiger partial charge >= 0.3 is 108 Å². The van der Waals surface area contributed by atoms with Crippen LogP contribution in [0.4, 0.5) is 4.39 Å². The number of halogens is 2. The van der Waals surface area contributed by atoms with Crippen molar-refractivity contribution >= 4 is 42.4 Å². The molecule has 0 bridgehead atoms. The normalized spacial score (nSPS) is 9.88. The van der Waals surface area contributed by atoms with E-state index in [0.717, 1.165) is 0 Å². The quantitative estimate of drug-likeness (QED) is 0.637. The predicted octanol–water partition coefficient (Wildman–Crippen LogP) is 0.983. The van der Waals surface area contributed by atoms with Crippen LogP contribution in [0.1, 0.15) is 10.4 Å². The first kappa shape index (κ1) is 13.4. The molecular formula is C10H9ClFNO2Sn. The van der Waals surface area contributed by atoms with Gasteiger partial charge in [0.2, 0.25) is 0 Å². The molecule has 0 aliphatic rings.